The molecule has 0 aliphatic heterocycles. The van der Waals surface area contributed by atoms with Crippen molar-refractivity contribution >= 4 is 28.6 Å². The number of ether oxygens (including phenoxy) is 1. The predicted molar refractivity (Wildman–Crippen MR) is 121 cm³/mol. The number of hydrogen-bond acceptors (Lipinski definition) is 5. The average Bonchev–Trinajstić information content (AvgIpc) is 2.80. The molecule has 1 atom stereocenters. The van der Waals surface area contributed by atoms with Crippen LogP contribution in [0.3, 0.4) is 0 Å². The molecule has 0 unspecified atom stereocenters. The quantitative estimate of drug-likeness (QED) is 0.496. The van der Waals surface area contributed by atoms with Crippen molar-refractivity contribution < 1.29 is 19.1 Å². The largest absolute Gasteiger partial charge is 0.494 e. The van der Waals surface area contributed by atoms with E-state index in [2.05, 4.69) is 21.2 Å². The maximum absolute atomic E-state index is 12.7. The molecule has 0 fully saturated rings. The molecule has 32 heavy (non-hydrogen) atoms. The van der Waals surface area contributed by atoms with Gasteiger partial charge in [-0.25, -0.2) is 4.98 Å². The van der Waals surface area contributed by atoms with Crippen LogP contribution in [0.15, 0.2) is 60.7 Å². The number of benzene rings is 2. The molecule has 166 valence electrons. The van der Waals surface area contributed by atoms with E-state index in [0.717, 1.165) is 5.39 Å². The number of carbonyl (C=O) groups excluding carboxylic acids is 3. The zero-order chi connectivity index (χ0) is 23.1. The SMILES string of the molecule is CCOc1ccc(C(=O)N[C@H](C(=O)NNC(=O)c2ccc3ccccc3n2)C(C)C)cc1. The second kappa shape index (κ2) is 10.4. The normalized spacial score (nSPS) is 11.6. The van der Waals surface area contributed by atoms with E-state index in [0.29, 0.717) is 23.4 Å². The standard InChI is InChI=1S/C24H26N4O4/c1-4-32-18-12-9-17(10-13-18)22(29)26-21(15(2)3)24(31)28-27-23(30)20-14-11-16-7-5-6-8-19(16)25-20/h5-15,21H,4H2,1-3H3,(H,26,29)(H,27,30)(H,28,31)/t21-/m0/s1. The lowest BCUT2D eigenvalue weighted by atomic mass is 10.0. The summed E-state index contributed by atoms with van der Waals surface area (Å²) in [5.74, 6) is -1.04. The predicted octanol–water partition coefficient (Wildman–Crippen LogP) is 2.85. The Hall–Kier alpha value is -3.94. The van der Waals surface area contributed by atoms with Crippen LogP contribution >= 0.6 is 0 Å². The van der Waals surface area contributed by atoms with Gasteiger partial charge in [-0.15, -0.1) is 0 Å². The van der Waals surface area contributed by atoms with Crippen molar-refractivity contribution in [1.82, 2.24) is 21.2 Å². The molecule has 0 bridgehead atoms. The molecule has 0 saturated carbocycles. The van der Waals surface area contributed by atoms with Crippen LogP contribution in [0.1, 0.15) is 41.6 Å². The molecule has 0 radical (unpaired) electrons. The Balaban J connectivity index is 1.61. The second-order valence-corrected chi connectivity index (χ2v) is 7.49. The van der Waals surface area contributed by atoms with E-state index in [9.17, 15) is 14.4 Å². The van der Waals surface area contributed by atoms with Gasteiger partial charge in [0, 0.05) is 10.9 Å². The van der Waals surface area contributed by atoms with Gasteiger partial charge in [-0.05, 0) is 49.2 Å². The van der Waals surface area contributed by atoms with Gasteiger partial charge in [0.25, 0.3) is 17.7 Å². The first-order valence-corrected chi connectivity index (χ1v) is 10.4. The van der Waals surface area contributed by atoms with Gasteiger partial charge in [0.05, 0.1) is 12.1 Å². The summed E-state index contributed by atoms with van der Waals surface area (Å²) in [6.07, 6.45) is 0. The first-order chi connectivity index (χ1) is 15.4. The molecule has 8 nitrogen and oxygen atoms in total. The van der Waals surface area contributed by atoms with Crippen LogP contribution in [-0.4, -0.2) is 35.4 Å². The minimum atomic E-state index is -0.848. The number of nitrogens with one attached hydrogen (secondary N) is 3. The number of carbonyl (C=O) groups is 3. The van der Waals surface area contributed by atoms with E-state index in [-0.39, 0.29) is 11.6 Å². The topological polar surface area (TPSA) is 109 Å². The fourth-order valence-corrected chi connectivity index (χ4v) is 3.08. The maximum atomic E-state index is 12.7. The molecule has 2 aromatic carbocycles. The molecule has 3 aromatic rings. The van der Waals surface area contributed by atoms with Gasteiger partial charge in [-0.1, -0.05) is 38.1 Å². The van der Waals surface area contributed by atoms with E-state index >= 15 is 0 Å². The number of rotatable bonds is 7. The minimum absolute atomic E-state index is 0.170. The molecule has 3 N–H and O–H groups in total. The Labute approximate surface area is 186 Å². The molecule has 0 aliphatic carbocycles. The summed E-state index contributed by atoms with van der Waals surface area (Å²) in [6.45, 7) is 6.01. The number of amides is 3. The fourth-order valence-electron chi connectivity index (χ4n) is 3.08. The maximum Gasteiger partial charge on any atom is 0.288 e. The Morgan fingerprint density at radius 2 is 1.62 bits per heavy atom. The van der Waals surface area contributed by atoms with Gasteiger partial charge in [0.1, 0.15) is 17.5 Å². The fraction of sp³-hybridized carbons (Fsp3) is 0.250. The molecule has 3 rings (SSSR count). The summed E-state index contributed by atoms with van der Waals surface area (Å²) in [5.41, 5.74) is 5.99. The molecule has 0 spiro atoms. The molecule has 3 amide bonds. The molecule has 0 saturated heterocycles. The van der Waals surface area contributed by atoms with Crippen LogP contribution in [-0.2, 0) is 4.79 Å². The molecular weight excluding hydrogens is 408 g/mol. The number of hydrazine groups is 1. The van der Waals surface area contributed by atoms with Crippen LogP contribution in [0.4, 0.5) is 0 Å². The Morgan fingerprint density at radius 1 is 0.906 bits per heavy atom. The first-order valence-electron chi connectivity index (χ1n) is 10.4. The Kier molecular flexibility index (Phi) is 7.38. The van der Waals surface area contributed by atoms with Crippen LogP contribution in [0.2, 0.25) is 0 Å². The molecule has 0 aliphatic rings. The lowest BCUT2D eigenvalue weighted by molar-refractivity contribution is -0.124. The van der Waals surface area contributed by atoms with E-state index in [1.807, 2.05) is 25.1 Å². The van der Waals surface area contributed by atoms with E-state index in [4.69, 9.17) is 4.74 Å². The van der Waals surface area contributed by atoms with E-state index < -0.39 is 23.8 Å². The minimum Gasteiger partial charge on any atom is -0.494 e. The van der Waals surface area contributed by atoms with Gasteiger partial charge in [0.15, 0.2) is 0 Å². The number of nitrogens with zero attached hydrogens (tertiary/aromatic N) is 1. The highest BCUT2D eigenvalue weighted by Crippen LogP contribution is 2.13. The average molecular weight is 434 g/mol. The highest BCUT2D eigenvalue weighted by molar-refractivity contribution is 5.99. The van der Waals surface area contributed by atoms with Gasteiger partial charge in [-0.2, -0.15) is 0 Å². The zero-order valence-electron chi connectivity index (χ0n) is 18.2. The smallest absolute Gasteiger partial charge is 0.288 e. The summed E-state index contributed by atoms with van der Waals surface area (Å²) in [4.78, 5) is 42.0. The van der Waals surface area contributed by atoms with Crippen molar-refractivity contribution in [3.05, 3.63) is 71.9 Å². The molecule has 1 heterocycles. The van der Waals surface area contributed by atoms with Crippen LogP contribution in [0.25, 0.3) is 10.9 Å². The lowest BCUT2D eigenvalue weighted by Gasteiger charge is -2.22. The summed E-state index contributed by atoms with van der Waals surface area (Å²) in [7, 11) is 0. The van der Waals surface area contributed by atoms with Crippen molar-refractivity contribution in [3.63, 3.8) is 0 Å². The first kappa shape index (κ1) is 22.7. The summed E-state index contributed by atoms with van der Waals surface area (Å²) >= 11 is 0. The number of pyridine rings is 1. The Morgan fingerprint density at radius 3 is 2.31 bits per heavy atom. The van der Waals surface area contributed by atoms with Gasteiger partial charge >= 0.3 is 0 Å². The van der Waals surface area contributed by atoms with Gasteiger partial charge in [-0.3, -0.25) is 25.2 Å². The van der Waals surface area contributed by atoms with Crippen LogP contribution in [0.5, 0.6) is 5.75 Å². The number of fused-ring (bicyclic) bond motifs is 1. The van der Waals surface area contributed by atoms with Crippen LogP contribution < -0.4 is 20.9 Å². The summed E-state index contributed by atoms with van der Waals surface area (Å²) < 4.78 is 5.37. The third-order valence-corrected chi connectivity index (χ3v) is 4.79. The van der Waals surface area contributed by atoms with E-state index in [1.165, 1.54) is 0 Å². The summed E-state index contributed by atoms with van der Waals surface area (Å²) in [6, 6.07) is 16.6. The number of hydrogen-bond donors (Lipinski definition) is 3. The Bertz CT molecular complexity index is 1110. The highest BCUT2D eigenvalue weighted by atomic mass is 16.5. The molecular formula is C24H26N4O4. The monoisotopic (exact) mass is 434 g/mol. The number of para-hydroxylation sites is 1. The van der Waals surface area contributed by atoms with Crippen molar-refractivity contribution in [3.8, 4) is 5.75 Å². The second-order valence-electron chi connectivity index (χ2n) is 7.49. The van der Waals surface area contributed by atoms with Crippen molar-refractivity contribution in [2.24, 2.45) is 5.92 Å². The third kappa shape index (κ3) is 5.60. The molecule has 8 heteroatoms. The van der Waals surface area contributed by atoms with Gasteiger partial charge < -0.3 is 10.1 Å². The zero-order valence-corrected chi connectivity index (χ0v) is 18.2. The molecule has 1 aromatic heterocycles. The van der Waals surface area contributed by atoms with Crippen molar-refractivity contribution in [2.75, 3.05) is 6.61 Å². The van der Waals surface area contributed by atoms with E-state index in [1.54, 1.807) is 56.3 Å². The summed E-state index contributed by atoms with van der Waals surface area (Å²) in [5, 5.41) is 3.62. The van der Waals surface area contributed by atoms with Crippen LogP contribution in [0, 0.1) is 5.92 Å². The lowest BCUT2D eigenvalue weighted by Crippen LogP contribution is -2.54. The van der Waals surface area contributed by atoms with Crippen molar-refractivity contribution in [1.29, 1.82) is 0 Å². The number of aromatic nitrogens is 1. The van der Waals surface area contributed by atoms with Crippen molar-refractivity contribution in [2.45, 2.75) is 26.8 Å². The highest BCUT2D eigenvalue weighted by Gasteiger charge is 2.25. The van der Waals surface area contributed by atoms with Gasteiger partial charge in [0.2, 0.25) is 0 Å². The third-order valence-electron chi connectivity index (χ3n) is 4.79.